The quantitative estimate of drug-likeness (QED) is 0.770. The lowest BCUT2D eigenvalue weighted by Gasteiger charge is -2.33. The van der Waals surface area contributed by atoms with Crippen molar-refractivity contribution in [3.63, 3.8) is 0 Å². The van der Waals surface area contributed by atoms with Crippen molar-refractivity contribution in [1.82, 2.24) is 4.90 Å². The first-order valence-electron chi connectivity index (χ1n) is 6.35. The van der Waals surface area contributed by atoms with E-state index >= 15 is 0 Å². The van der Waals surface area contributed by atoms with Gasteiger partial charge in [-0.1, -0.05) is 25.1 Å². The summed E-state index contributed by atoms with van der Waals surface area (Å²) in [7, 11) is 3.64. The van der Waals surface area contributed by atoms with E-state index in [1.807, 2.05) is 31.3 Å². The largest absolute Gasteiger partial charge is 0.496 e. The molecule has 0 aliphatic rings. The van der Waals surface area contributed by atoms with E-state index in [2.05, 4.69) is 11.8 Å². The molecule has 1 rings (SSSR count). The molecule has 0 saturated heterocycles. The fourth-order valence-corrected chi connectivity index (χ4v) is 2.23. The summed E-state index contributed by atoms with van der Waals surface area (Å²) in [5, 5.41) is 9.10. The summed E-state index contributed by atoms with van der Waals surface area (Å²) in [6.45, 7) is 2.79. The van der Waals surface area contributed by atoms with Crippen molar-refractivity contribution >= 4 is 0 Å². The summed E-state index contributed by atoms with van der Waals surface area (Å²) >= 11 is 0. The number of nitrogens with zero attached hydrogens (tertiary/aromatic N) is 1. The standard InChI is InChI=1S/C14H24N2O2/c1-4-12(15)14(16(2)9-10-17)11-7-5-6-8-13(11)18-3/h5-8,12,14,17H,4,9-10,15H2,1-3H3. The molecule has 3 N–H and O–H groups in total. The van der Waals surface area contributed by atoms with E-state index in [0.29, 0.717) is 6.54 Å². The van der Waals surface area contributed by atoms with Gasteiger partial charge in [-0.05, 0) is 19.5 Å². The van der Waals surface area contributed by atoms with E-state index in [1.165, 1.54) is 0 Å². The maximum Gasteiger partial charge on any atom is 0.123 e. The number of likely N-dealkylation sites (N-methyl/N-ethyl adjacent to an activating group) is 1. The van der Waals surface area contributed by atoms with Crippen molar-refractivity contribution in [2.24, 2.45) is 5.73 Å². The summed E-state index contributed by atoms with van der Waals surface area (Å²) in [4.78, 5) is 2.08. The average molecular weight is 252 g/mol. The third kappa shape index (κ3) is 3.45. The monoisotopic (exact) mass is 252 g/mol. The Labute approximate surface area is 109 Å². The van der Waals surface area contributed by atoms with Crippen LogP contribution in [0.4, 0.5) is 0 Å². The Bertz CT molecular complexity index is 357. The molecule has 18 heavy (non-hydrogen) atoms. The van der Waals surface area contributed by atoms with Crippen LogP contribution in [0.2, 0.25) is 0 Å². The summed E-state index contributed by atoms with van der Waals surface area (Å²) < 4.78 is 5.40. The van der Waals surface area contributed by atoms with Gasteiger partial charge in [0.05, 0.1) is 19.8 Å². The van der Waals surface area contributed by atoms with Gasteiger partial charge in [-0.3, -0.25) is 4.90 Å². The number of aliphatic hydroxyl groups excluding tert-OH is 1. The maximum absolute atomic E-state index is 9.10. The van der Waals surface area contributed by atoms with Crippen LogP contribution in [0.15, 0.2) is 24.3 Å². The number of methoxy groups -OCH3 is 1. The highest BCUT2D eigenvalue weighted by Gasteiger charge is 2.25. The molecule has 0 aliphatic heterocycles. The van der Waals surface area contributed by atoms with Gasteiger partial charge in [-0.2, -0.15) is 0 Å². The Hall–Kier alpha value is -1.10. The van der Waals surface area contributed by atoms with Crippen molar-refractivity contribution in [3.05, 3.63) is 29.8 Å². The topological polar surface area (TPSA) is 58.7 Å². The number of hydrogen-bond donors (Lipinski definition) is 2. The second kappa shape index (κ2) is 7.36. The Morgan fingerprint density at radius 3 is 2.61 bits per heavy atom. The Morgan fingerprint density at radius 1 is 1.39 bits per heavy atom. The Morgan fingerprint density at radius 2 is 2.06 bits per heavy atom. The summed E-state index contributed by atoms with van der Waals surface area (Å²) in [5.41, 5.74) is 7.30. The minimum Gasteiger partial charge on any atom is -0.496 e. The summed E-state index contributed by atoms with van der Waals surface area (Å²) in [5.74, 6) is 0.844. The van der Waals surface area contributed by atoms with Gasteiger partial charge in [-0.15, -0.1) is 0 Å². The normalized spacial score (nSPS) is 14.6. The second-order valence-electron chi connectivity index (χ2n) is 4.46. The molecular formula is C14H24N2O2. The molecule has 2 unspecified atom stereocenters. The first-order valence-corrected chi connectivity index (χ1v) is 6.35. The zero-order chi connectivity index (χ0) is 13.5. The maximum atomic E-state index is 9.10. The van der Waals surface area contributed by atoms with Crippen LogP contribution in [0.1, 0.15) is 24.9 Å². The van der Waals surface area contributed by atoms with Crippen molar-refractivity contribution < 1.29 is 9.84 Å². The molecule has 0 radical (unpaired) electrons. The van der Waals surface area contributed by atoms with Gasteiger partial charge in [0.2, 0.25) is 0 Å². The van der Waals surface area contributed by atoms with Gasteiger partial charge in [0, 0.05) is 18.2 Å². The number of benzene rings is 1. The van der Waals surface area contributed by atoms with Gasteiger partial charge in [0.15, 0.2) is 0 Å². The first kappa shape index (κ1) is 15.0. The van der Waals surface area contributed by atoms with Crippen LogP contribution in [-0.2, 0) is 0 Å². The van der Waals surface area contributed by atoms with Crippen molar-refractivity contribution in [2.45, 2.75) is 25.4 Å². The molecule has 1 aromatic rings. The van der Waals surface area contributed by atoms with Crippen LogP contribution >= 0.6 is 0 Å². The van der Waals surface area contributed by atoms with Gasteiger partial charge in [-0.25, -0.2) is 0 Å². The van der Waals surface area contributed by atoms with E-state index < -0.39 is 0 Å². The summed E-state index contributed by atoms with van der Waals surface area (Å²) in [6, 6.07) is 7.98. The number of para-hydroxylation sites is 1. The van der Waals surface area contributed by atoms with E-state index in [9.17, 15) is 0 Å². The van der Waals surface area contributed by atoms with Gasteiger partial charge in [0.25, 0.3) is 0 Å². The second-order valence-corrected chi connectivity index (χ2v) is 4.46. The van der Waals surface area contributed by atoms with Crippen molar-refractivity contribution in [1.29, 1.82) is 0 Å². The zero-order valence-corrected chi connectivity index (χ0v) is 11.5. The minimum atomic E-state index is 0.0119. The zero-order valence-electron chi connectivity index (χ0n) is 11.5. The van der Waals surface area contributed by atoms with Crippen LogP contribution in [0.3, 0.4) is 0 Å². The predicted molar refractivity (Wildman–Crippen MR) is 73.7 cm³/mol. The molecule has 0 fully saturated rings. The molecule has 0 amide bonds. The lowest BCUT2D eigenvalue weighted by molar-refractivity contribution is 0.159. The molecule has 0 aromatic heterocycles. The van der Waals surface area contributed by atoms with Crippen LogP contribution in [-0.4, -0.2) is 43.4 Å². The van der Waals surface area contributed by atoms with E-state index in [0.717, 1.165) is 17.7 Å². The number of ether oxygens (including phenoxy) is 1. The number of aliphatic hydroxyl groups is 1. The van der Waals surface area contributed by atoms with Gasteiger partial charge >= 0.3 is 0 Å². The van der Waals surface area contributed by atoms with Crippen LogP contribution < -0.4 is 10.5 Å². The SMILES string of the molecule is CCC(N)C(c1ccccc1OC)N(C)CCO. The Kier molecular flexibility index (Phi) is 6.12. The summed E-state index contributed by atoms with van der Waals surface area (Å²) in [6.07, 6.45) is 0.873. The number of nitrogens with two attached hydrogens (primary N) is 1. The number of hydrogen-bond acceptors (Lipinski definition) is 4. The molecule has 4 nitrogen and oxygen atoms in total. The van der Waals surface area contributed by atoms with Gasteiger partial charge in [0.1, 0.15) is 5.75 Å². The highest BCUT2D eigenvalue weighted by Crippen LogP contribution is 2.31. The van der Waals surface area contributed by atoms with Gasteiger partial charge < -0.3 is 15.6 Å². The molecule has 0 heterocycles. The fraction of sp³-hybridized carbons (Fsp3) is 0.571. The highest BCUT2D eigenvalue weighted by molar-refractivity contribution is 5.36. The van der Waals surface area contributed by atoms with Crippen LogP contribution in [0, 0.1) is 0 Å². The molecule has 0 spiro atoms. The highest BCUT2D eigenvalue weighted by atomic mass is 16.5. The molecule has 0 aliphatic carbocycles. The van der Waals surface area contributed by atoms with Crippen LogP contribution in [0.25, 0.3) is 0 Å². The lowest BCUT2D eigenvalue weighted by atomic mass is 9.96. The fourth-order valence-electron chi connectivity index (χ4n) is 2.23. The van der Waals surface area contributed by atoms with E-state index in [1.54, 1.807) is 7.11 Å². The minimum absolute atomic E-state index is 0.0119. The van der Waals surface area contributed by atoms with E-state index in [4.69, 9.17) is 15.6 Å². The molecule has 2 atom stereocenters. The third-order valence-electron chi connectivity index (χ3n) is 3.26. The van der Waals surface area contributed by atoms with Crippen molar-refractivity contribution in [2.75, 3.05) is 27.3 Å². The Balaban J connectivity index is 3.08. The molecule has 0 bridgehead atoms. The van der Waals surface area contributed by atoms with E-state index in [-0.39, 0.29) is 18.7 Å². The molecule has 0 saturated carbocycles. The molecule has 1 aromatic carbocycles. The van der Waals surface area contributed by atoms with Crippen LogP contribution in [0.5, 0.6) is 5.75 Å². The predicted octanol–water partition coefficient (Wildman–Crippen LogP) is 1.40. The first-order chi connectivity index (χ1) is 8.65. The average Bonchev–Trinajstić information content (AvgIpc) is 2.39. The number of rotatable bonds is 7. The third-order valence-corrected chi connectivity index (χ3v) is 3.26. The smallest absolute Gasteiger partial charge is 0.123 e. The molecule has 4 heteroatoms. The van der Waals surface area contributed by atoms with Crippen molar-refractivity contribution in [3.8, 4) is 5.75 Å². The lowest BCUT2D eigenvalue weighted by Crippen LogP contribution is -2.40. The molecule has 102 valence electrons. The molecular weight excluding hydrogens is 228 g/mol.